The molecule has 0 spiro atoms. The van der Waals surface area contributed by atoms with Crippen LogP contribution in [-0.4, -0.2) is 63.3 Å². The number of rotatable bonds is 8. The van der Waals surface area contributed by atoms with Crippen LogP contribution in [0.2, 0.25) is 0 Å². The third-order valence-corrected chi connectivity index (χ3v) is 4.38. The van der Waals surface area contributed by atoms with E-state index in [-0.39, 0.29) is 11.5 Å². The summed E-state index contributed by atoms with van der Waals surface area (Å²) in [6.45, 7) is 17.2. The summed E-state index contributed by atoms with van der Waals surface area (Å²) in [4.78, 5) is 7.31. The molecule has 0 bridgehead atoms. The average molecular weight is 327 g/mol. The van der Waals surface area contributed by atoms with Gasteiger partial charge in [-0.05, 0) is 44.2 Å². The zero-order valence-corrected chi connectivity index (χ0v) is 16.1. The van der Waals surface area contributed by atoms with Crippen LogP contribution >= 0.6 is 0 Å². The lowest BCUT2D eigenvalue weighted by Gasteiger charge is -2.30. The molecule has 0 radical (unpaired) electrons. The minimum Gasteiger partial charge on any atom is -0.379 e. The third-order valence-electron chi connectivity index (χ3n) is 4.38. The smallest absolute Gasteiger partial charge is 0.191 e. The van der Waals surface area contributed by atoms with Crippen molar-refractivity contribution >= 4 is 5.96 Å². The number of guanidine groups is 1. The van der Waals surface area contributed by atoms with Gasteiger partial charge >= 0.3 is 0 Å². The fraction of sp³-hybridized carbons (Fsp3) is 0.944. The Balaban J connectivity index is 2.45. The van der Waals surface area contributed by atoms with Crippen molar-refractivity contribution in [2.24, 2.45) is 16.3 Å². The Hall–Kier alpha value is -0.810. The predicted octanol–water partition coefficient (Wildman–Crippen LogP) is 2.33. The number of nitrogens with zero attached hydrogens (tertiary/aromatic N) is 2. The first-order chi connectivity index (χ1) is 10.9. The number of nitrogens with one attached hydrogen (secondary N) is 2. The lowest BCUT2D eigenvalue weighted by atomic mass is 9.89. The van der Waals surface area contributed by atoms with Gasteiger partial charge in [-0.15, -0.1) is 0 Å². The van der Waals surface area contributed by atoms with E-state index in [1.165, 1.54) is 25.9 Å². The minimum atomic E-state index is 0.113. The van der Waals surface area contributed by atoms with E-state index in [1.54, 1.807) is 7.11 Å². The molecule has 1 fully saturated rings. The molecule has 0 aromatic carbocycles. The fourth-order valence-electron chi connectivity index (χ4n) is 2.99. The van der Waals surface area contributed by atoms with E-state index in [0.717, 1.165) is 32.1 Å². The fourth-order valence-corrected chi connectivity index (χ4v) is 2.99. The van der Waals surface area contributed by atoms with Gasteiger partial charge in [0.05, 0.1) is 6.10 Å². The first-order valence-electron chi connectivity index (χ1n) is 9.14. The number of aliphatic imine (C=N–C) groups is 1. The van der Waals surface area contributed by atoms with E-state index in [1.807, 2.05) is 0 Å². The molecule has 23 heavy (non-hydrogen) atoms. The standard InChI is InChI=1S/C18H38N4O/c1-7-19-17(21-13-16(23-6)18(3,4)5)20-12-15(2)14-22-10-8-9-11-22/h15-16H,7-14H2,1-6H3,(H2,19,20,21). The molecule has 2 unspecified atom stereocenters. The van der Waals surface area contributed by atoms with Crippen LogP contribution in [-0.2, 0) is 4.74 Å². The zero-order valence-electron chi connectivity index (χ0n) is 16.1. The Morgan fingerprint density at radius 2 is 1.87 bits per heavy atom. The highest BCUT2D eigenvalue weighted by Crippen LogP contribution is 2.20. The van der Waals surface area contributed by atoms with Crippen molar-refractivity contribution in [3.63, 3.8) is 0 Å². The summed E-state index contributed by atoms with van der Waals surface area (Å²) in [5.74, 6) is 1.48. The molecular formula is C18H38N4O. The van der Waals surface area contributed by atoms with Crippen LogP contribution in [0.4, 0.5) is 0 Å². The zero-order chi connectivity index (χ0) is 17.3. The topological polar surface area (TPSA) is 48.9 Å². The van der Waals surface area contributed by atoms with Gasteiger partial charge < -0.3 is 20.3 Å². The normalized spacial score (nSPS) is 19.7. The second-order valence-electron chi connectivity index (χ2n) is 7.80. The highest BCUT2D eigenvalue weighted by Gasteiger charge is 2.24. The van der Waals surface area contributed by atoms with E-state index < -0.39 is 0 Å². The third kappa shape index (κ3) is 8.02. The number of methoxy groups -OCH3 is 1. The second-order valence-corrected chi connectivity index (χ2v) is 7.80. The molecule has 0 aromatic heterocycles. The van der Waals surface area contributed by atoms with Crippen molar-refractivity contribution in [2.75, 3.05) is 46.4 Å². The summed E-state index contributed by atoms with van der Waals surface area (Å²) in [5, 5.41) is 6.76. The van der Waals surface area contributed by atoms with Crippen LogP contribution in [0.5, 0.6) is 0 Å². The summed E-state index contributed by atoms with van der Waals surface area (Å²) >= 11 is 0. The molecule has 136 valence electrons. The van der Waals surface area contributed by atoms with Gasteiger partial charge in [-0.1, -0.05) is 27.7 Å². The lowest BCUT2D eigenvalue weighted by molar-refractivity contribution is 0.0205. The largest absolute Gasteiger partial charge is 0.379 e. The maximum Gasteiger partial charge on any atom is 0.191 e. The van der Waals surface area contributed by atoms with Crippen LogP contribution in [0.3, 0.4) is 0 Å². The van der Waals surface area contributed by atoms with Gasteiger partial charge in [-0.3, -0.25) is 4.99 Å². The van der Waals surface area contributed by atoms with Crippen LogP contribution in [0.1, 0.15) is 47.5 Å². The summed E-state index contributed by atoms with van der Waals surface area (Å²) in [7, 11) is 1.78. The molecule has 2 N–H and O–H groups in total. The van der Waals surface area contributed by atoms with Gasteiger partial charge in [0.25, 0.3) is 0 Å². The Bertz CT molecular complexity index is 345. The Morgan fingerprint density at radius 3 is 2.39 bits per heavy atom. The SMILES string of the molecule is CCNC(=NCC(C)CN1CCCC1)NCC(OC)C(C)(C)C. The van der Waals surface area contributed by atoms with Gasteiger partial charge in [-0.2, -0.15) is 0 Å². The number of hydrogen-bond acceptors (Lipinski definition) is 3. The van der Waals surface area contributed by atoms with Crippen molar-refractivity contribution in [3.05, 3.63) is 0 Å². The molecule has 1 rings (SSSR count). The van der Waals surface area contributed by atoms with Gasteiger partial charge in [-0.25, -0.2) is 0 Å². The van der Waals surface area contributed by atoms with E-state index in [2.05, 4.69) is 50.2 Å². The summed E-state index contributed by atoms with van der Waals surface area (Å²) in [5.41, 5.74) is 0.113. The van der Waals surface area contributed by atoms with E-state index in [9.17, 15) is 0 Å². The molecule has 1 aliphatic rings. The van der Waals surface area contributed by atoms with E-state index in [4.69, 9.17) is 9.73 Å². The van der Waals surface area contributed by atoms with Crippen LogP contribution in [0.25, 0.3) is 0 Å². The molecule has 2 atom stereocenters. The van der Waals surface area contributed by atoms with Crippen LogP contribution in [0.15, 0.2) is 4.99 Å². The molecule has 0 aromatic rings. The quantitative estimate of drug-likeness (QED) is 0.531. The monoisotopic (exact) mass is 326 g/mol. The van der Waals surface area contributed by atoms with E-state index >= 15 is 0 Å². The highest BCUT2D eigenvalue weighted by molar-refractivity contribution is 5.79. The second kappa shape index (κ2) is 10.1. The first kappa shape index (κ1) is 20.2. The molecule has 5 nitrogen and oxygen atoms in total. The van der Waals surface area contributed by atoms with Crippen molar-refractivity contribution < 1.29 is 4.74 Å². The first-order valence-corrected chi connectivity index (χ1v) is 9.14. The number of ether oxygens (including phenoxy) is 1. The van der Waals surface area contributed by atoms with Crippen molar-refractivity contribution in [1.29, 1.82) is 0 Å². The molecule has 1 saturated heterocycles. The predicted molar refractivity (Wildman–Crippen MR) is 99.1 cm³/mol. The van der Waals surface area contributed by atoms with Gasteiger partial charge in [0.15, 0.2) is 5.96 Å². The molecule has 1 heterocycles. The minimum absolute atomic E-state index is 0.113. The lowest BCUT2D eigenvalue weighted by Crippen LogP contribution is -2.45. The number of likely N-dealkylation sites (tertiary alicyclic amines) is 1. The molecule has 0 saturated carbocycles. The molecular weight excluding hydrogens is 288 g/mol. The Kier molecular flexibility index (Phi) is 8.92. The average Bonchev–Trinajstić information content (AvgIpc) is 2.96. The van der Waals surface area contributed by atoms with Crippen LogP contribution < -0.4 is 10.6 Å². The van der Waals surface area contributed by atoms with E-state index in [0.29, 0.717) is 5.92 Å². The molecule has 1 aliphatic heterocycles. The summed E-state index contributed by atoms with van der Waals surface area (Å²) in [6.07, 6.45) is 2.87. The van der Waals surface area contributed by atoms with Gasteiger partial charge in [0.1, 0.15) is 0 Å². The Labute approximate surface area is 143 Å². The summed E-state index contributed by atoms with van der Waals surface area (Å²) in [6, 6.07) is 0. The van der Waals surface area contributed by atoms with Gasteiger partial charge in [0.2, 0.25) is 0 Å². The van der Waals surface area contributed by atoms with Crippen molar-refractivity contribution in [2.45, 2.75) is 53.6 Å². The molecule has 0 aliphatic carbocycles. The van der Waals surface area contributed by atoms with Crippen molar-refractivity contribution in [1.82, 2.24) is 15.5 Å². The molecule has 0 amide bonds. The van der Waals surface area contributed by atoms with Crippen molar-refractivity contribution in [3.8, 4) is 0 Å². The highest BCUT2D eigenvalue weighted by atomic mass is 16.5. The Morgan fingerprint density at radius 1 is 1.22 bits per heavy atom. The number of hydrogen-bond donors (Lipinski definition) is 2. The maximum atomic E-state index is 5.61. The maximum absolute atomic E-state index is 5.61. The van der Waals surface area contributed by atoms with Crippen LogP contribution in [0, 0.1) is 11.3 Å². The molecule has 5 heteroatoms. The van der Waals surface area contributed by atoms with Gasteiger partial charge in [0, 0.05) is 33.3 Å². The summed E-state index contributed by atoms with van der Waals surface area (Å²) < 4.78 is 5.61.